The van der Waals surface area contributed by atoms with Gasteiger partial charge in [0.05, 0.1) is 17.7 Å². The Balaban J connectivity index is 1.66. The van der Waals surface area contributed by atoms with Crippen molar-refractivity contribution in [3.8, 4) is 0 Å². The summed E-state index contributed by atoms with van der Waals surface area (Å²) in [6.07, 6.45) is 3.70. The van der Waals surface area contributed by atoms with E-state index >= 15 is 0 Å². The molecule has 8 heteroatoms. The SMILES string of the molecule is CN1CCN(C(=O)CN2CSCC2=O)C[C@H]1c1nccn1C. The molecule has 0 unspecified atom stereocenters. The van der Waals surface area contributed by atoms with E-state index in [0.717, 1.165) is 12.4 Å². The summed E-state index contributed by atoms with van der Waals surface area (Å²) >= 11 is 1.56. The molecule has 2 amide bonds. The van der Waals surface area contributed by atoms with Crippen molar-refractivity contribution in [2.75, 3.05) is 44.9 Å². The van der Waals surface area contributed by atoms with Crippen LogP contribution >= 0.6 is 11.8 Å². The van der Waals surface area contributed by atoms with Crippen molar-refractivity contribution in [1.29, 1.82) is 0 Å². The fourth-order valence-corrected chi connectivity index (χ4v) is 3.78. The second-order valence-electron chi connectivity index (χ2n) is 5.80. The minimum Gasteiger partial charge on any atom is -0.338 e. The first-order valence-electron chi connectivity index (χ1n) is 7.37. The summed E-state index contributed by atoms with van der Waals surface area (Å²) in [4.78, 5) is 34.3. The standard InChI is InChI=1S/C14H21N5O2S/c1-16-5-6-18(7-11(16)14-15-3-4-17(14)2)12(20)8-19-10-22-9-13(19)21/h3-4,11H,5-10H2,1-2H3/t11-/m0/s1. The second-order valence-corrected chi connectivity index (χ2v) is 6.76. The van der Waals surface area contributed by atoms with Gasteiger partial charge in [0, 0.05) is 39.1 Å². The van der Waals surface area contributed by atoms with Gasteiger partial charge in [-0.2, -0.15) is 0 Å². The lowest BCUT2D eigenvalue weighted by Crippen LogP contribution is -2.52. The fraction of sp³-hybridized carbons (Fsp3) is 0.643. The lowest BCUT2D eigenvalue weighted by atomic mass is 10.1. The van der Waals surface area contributed by atoms with Crippen LogP contribution in [0.15, 0.2) is 12.4 Å². The number of carbonyl (C=O) groups is 2. The lowest BCUT2D eigenvalue weighted by molar-refractivity contribution is -0.140. The molecular formula is C14H21N5O2S. The third kappa shape index (κ3) is 2.98. The van der Waals surface area contributed by atoms with Crippen LogP contribution in [0.2, 0.25) is 0 Å². The Morgan fingerprint density at radius 1 is 1.41 bits per heavy atom. The van der Waals surface area contributed by atoms with Crippen molar-refractivity contribution in [2.45, 2.75) is 6.04 Å². The molecule has 2 saturated heterocycles. The van der Waals surface area contributed by atoms with Crippen molar-refractivity contribution >= 4 is 23.6 Å². The highest BCUT2D eigenvalue weighted by Crippen LogP contribution is 2.23. The Labute approximate surface area is 134 Å². The van der Waals surface area contributed by atoms with Crippen LogP contribution in [0, 0.1) is 0 Å². The molecule has 0 saturated carbocycles. The Morgan fingerprint density at radius 2 is 2.23 bits per heavy atom. The van der Waals surface area contributed by atoms with Gasteiger partial charge in [-0.25, -0.2) is 4.98 Å². The molecule has 7 nitrogen and oxygen atoms in total. The van der Waals surface area contributed by atoms with Crippen molar-refractivity contribution in [2.24, 2.45) is 7.05 Å². The Morgan fingerprint density at radius 3 is 2.86 bits per heavy atom. The summed E-state index contributed by atoms with van der Waals surface area (Å²) in [5.74, 6) is 2.18. The first kappa shape index (κ1) is 15.4. The zero-order chi connectivity index (χ0) is 15.7. The van der Waals surface area contributed by atoms with Gasteiger partial charge in [0.25, 0.3) is 0 Å². The van der Waals surface area contributed by atoms with Crippen LogP contribution in [0.1, 0.15) is 11.9 Å². The summed E-state index contributed by atoms with van der Waals surface area (Å²) in [6.45, 7) is 2.33. The largest absolute Gasteiger partial charge is 0.338 e. The number of rotatable bonds is 3. The number of hydrogen-bond donors (Lipinski definition) is 0. The van der Waals surface area contributed by atoms with E-state index in [1.54, 1.807) is 22.9 Å². The molecule has 1 aromatic rings. The van der Waals surface area contributed by atoms with Crippen LogP contribution in [0.3, 0.4) is 0 Å². The summed E-state index contributed by atoms with van der Waals surface area (Å²) in [6, 6.07) is 0.0985. The highest BCUT2D eigenvalue weighted by atomic mass is 32.2. The number of nitrogens with zero attached hydrogens (tertiary/aromatic N) is 5. The number of aryl methyl sites for hydroxylation is 1. The van der Waals surface area contributed by atoms with Crippen LogP contribution in [0.4, 0.5) is 0 Å². The number of likely N-dealkylation sites (N-methyl/N-ethyl adjacent to an activating group) is 1. The first-order chi connectivity index (χ1) is 10.6. The van der Waals surface area contributed by atoms with E-state index < -0.39 is 0 Å². The van der Waals surface area contributed by atoms with E-state index in [1.807, 2.05) is 22.7 Å². The zero-order valence-corrected chi connectivity index (χ0v) is 13.8. The molecule has 1 atom stereocenters. The molecule has 0 aromatic carbocycles. The summed E-state index contributed by atoms with van der Waals surface area (Å²) in [7, 11) is 4.03. The minimum atomic E-state index is 0.0307. The number of piperazine rings is 1. The summed E-state index contributed by atoms with van der Waals surface area (Å²) in [5, 5.41) is 0. The van der Waals surface area contributed by atoms with Gasteiger partial charge in [0.1, 0.15) is 12.4 Å². The number of aromatic nitrogens is 2. The van der Waals surface area contributed by atoms with E-state index in [1.165, 1.54) is 0 Å². The number of carbonyl (C=O) groups excluding carboxylic acids is 2. The minimum absolute atomic E-state index is 0.0307. The molecule has 22 heavy (non-hydrogen) atoms. The highest BCUT2D eigenvalue weighted by Gasteiger charge is 2.32. The third-order valence-corrected chi connectivity index (χ3v) is 5.25. The number of hydrogen-bond acceptors (Lipinski definition) is 5. The van der Waals surface area contributed by atoms with Crippen LogP contribution in [-0.4, -0.2) is 80.9 Å². The van der Waals surface area contributed by atoms with Gasteiger partial charge in [-0.1, -0.05) is 0 Å². The monoisotopic (exact) mass is 323 g/mol. The predicted octanol–water partition coefficient (Wildman–Crippen LogP) is -0.232. The van der Waals surface area contributed by atoms with E-state index in [2.05, 4.69) is 16.9 Å². The van der Waals surface area contributed by atoms with Gasteiger partial charge < -0.3 is 14.4 Å². The van der Waals surface area contributed by atoms with E-state index in [0.29, 0.717) is 24.7 Å². The van der Waals surface area contributed by atoms with E-state index in [-0.39, 0.29) is 24.4 Å². The van der Waals surface area contributed by atoms with E-state index in [9.17, 15) is 9.59 Å². The van der Waals surface area contributed by atoms with Crippen molar-refractivity contribution < 1.29 is 9.59 Å². The average molecular weight is 323 g/mol. The molecule has 0 bridgehead atoms. The quantitative estimate of drug-likeness (QED) is 0.769. The molecule has 1 aromatic heterocycles. The summed E-state index contributed by atoms with van der Waals surface area (Å²) < 4.78 is 2.00. The summed E-state index contributed by atoms with van der Waals surface area (Å²) in [5.41, 5.74) is 0. The smallest absolute Gasteiger partial charge is 0.242 e. The van der Waals surface area contributed by atoms with Crippen LogP contribution in [0.5, 0.6) is 0 Å². The van der Waals surface area contributed by atoms with E-state index in [4.69, 9.17) is 0 Å². The van der Waals surface area contributed by atoms with Crippen LogP contribution in [-0.2, 0) is 16.6 Å². The van der Waals surface area contributed by atoms with Gasteiger partial charge >= 0.3 is 0 Å². The zero-order valence-electron chi connectivity index (χ0n) is 12.9. The Kier molecular flexibility index (Phi) is 4.39. The average Bonchev–Trinajstić information content (AvgIpc) is 3.09. The number of thioether (sulfide) groups is 1. The number of imidazole rings is 1. The molecule has 0 N–H and O–H groups in total. The third-order valence-electron chi connectivity index (χ3n) is 4.31. The Hall–Kier alpha value is -1.54. The molecule has 3 heterocycles. The fourth-order valence-electron chi connectivity index (χ4n) is 2.88. The molecule has 0 spiro atoms. The molecule has 2 aliphatic rings. The highest BCUT2D eigenvalue weighted by molar-refractivity contribution is 8.00. The predicted molar refractivity (Wildman–Crippen MR) is 84.2 cm³/mol. The normalized spacial score (nSPS) is 23.4. The molecule has 0 aliphatic carbocycles. The topological polar surface area (TPSA) is 61.7 Å². The maximum atomic E-state index is 12.5. The Bertz CT molecular complexity index is 575. The van der Waals surface area contributed by atoms with Gasteiger partial charge in [0.2, 0.25) is 11.8 Å². The molecular weight excluding hydrogens is 302 g/mol. The molecule has 2 fully saturated rings. The maximum Gasteiger partial charge on any atom is 0.242 e. The molecule has 2 aliphatic heterocycles. The van der Waals surface area contributed by atoms with Gasteiger partial charge in [0.15, 0.2) is 0 Å². The molecule has 120 valence electrons. The van der Waals surface area contributed by atoms with Crippen LogP contribution in [0.25, 0.3) is 0 Å². The van der Waals surface area contributed by atoms with Crippen molar-refractivity contribution in [3.05, 3.63) is 18.2 Å². The van der Waals surface area contributed by atoms with Crippen molar-refractivity contribution in [1.82, 2.24) is 24.3 Å². The first-order valence-corrected chi connectivity index (χ1v) is 8.52. The van der Waals surface area contributed by atoms with Gasteiger partial charge in [-0.3, -0.25) is 14.5 Å². The maximum absolute atomic E-state index is 12.5. The molecule has 0 radical (unpaired) electrons. The number of amides is 2. The lowest BCUT2D eigenvalue weighted by Gasteiger charge is -2.39. The van der Waals surface area contributed by atoms with Crippen molar-refractivity contribution in [3.63, 3.8) is 0 Å². The van der Waals surface area contributed by atoms with Gasteiger partial charge in [-0.05, 0) is 7.05 Å². The van der Waals surface area contributed by atoms with Gasteiger partial charge in [-0.15, -0.1) is 11.8 Å². The van der Waals surface area contributed by atoms with Crippen LogP contribution < -0.4 is 0 Å². The second kappa shape index (κ2) is 6.29. The molecule has 3 rings (SSSR count).